The summed E-state index contributed by atoms with van der Waals surface area (Å²) < 4.78 is 5.78. The molecule has 0 fully saturated rings. The van der Waals surface area contributed by atoms with Crippen molar-refractivity contribution in [1.82, 2.24) is 9.97 Å². The molecule has 0 aliphatic rings. The zero-order chi connectivity index (χ0) is 22.3. The van der Waals surface area contributed by atoms with Crippen LogP contribution in [0.1, 0.15) is 34.1 Å². The monoisotopic (exact) mass is 422 g/mol. The zero-order valence-electron chi connectivity index (χ0n) is 17.7. The van der Waals surface area contributed by atoms with Crippen LogP contribution in [-0.4, -0.2) is 21.0 Å². The predicted octanol–water partition coefficient (Wildman–Crippen LogP) is 5.05. The van der Waals surface area contributed by atoms with Gasteiger partial charge >= 0.3 is 5.97 Å². The molecular formula is C27H22N2O3. The lowest BCUT2D eigenvalue weighted by atomic mass is 9.93. The number of aliphatic carboxylic acids is 1. The van der Waals surface area contributed by atoms with Gasteiger partial charge in [-0.3, -0.25) is 9.78 Å². The van der Waals surface area contributed by atoms with Gasteiger partial charge in [-0.25, -0.2) is 4.98 Å². The molecule has 2 aromatic heterocycles. The molecule has 1 unspecified atom stereocenters. The summed E-state index contributed by atoms with van der Waals surface area (Å²) >= 11 is 0. The van der Waals surface area contributed by atoms with Crippen molar-refractivity contribution in [2.24, 2.45) is 0 Å². The van der Waals surface area contributed by atoms with Crippen molar-refractivity contribution in [3.63, 3.8) is 0 Å². The van der Waals surface area contributed by atoms with E-state index in [2.05, 4.69) is 21.8 Å². The van der Waals surface area contributed by atoms with Gasteiger partial charge in [0.1, 0.15) is 5.76 Å². The van der Waals surface area contributed by atoms with Crippen molar-refractivity contribution < 1.29 is 14.3 Å². The van der Waals surface area contributed by atoms with E-state index in [1.54, 1.807) is 24.5 Å². The molecule has 5 nitrogen and oxygen atoms in total. The SMILES string of the molecule is Cc1oc(-c2ccccc2)nc1CC#Cc1ccc(CC(C(=O)O)c2cccnc2)cc1. The first-order valence-electron chi connectivity index (χ1n) is 10.3. The van der Waals surface area contributed by atoms with E-state index >= 15 is 0 Å². The maximum atomic E-state index is 11.7. The molecule has 158 valence electrons. The van der Waals surface area contributed by atoms with Crippen molar-refractivity contribution in [1.29, 1.82) is 0 Å². The minimum atomic E-state index is -0.861. The summed E-state index contributed by atoms with van der Waals surface area (Å²) in [4.78, 5) is 20.3. The fraction of sp³-hybridized carbons (Fsp3) is 0.148. The highest BCUT2D eigenvalue weighted by molar-refractivity contribution is 5.76. The molecule has 32 heavy (non-hydrogen) atoms. The summed E-state index contributed by atoms with van der Waals surface area (Å²) in [5, 5.41) is 9.60. The van der Waals surface area contributed by atoms with E-state index in [4.69, 9.17) is 4.42 Å². The van der Waals surface area contributed by atoms with Crippen LogP contribution in [0.15, 0.2) is 83.5 Å². The van der Waals surface area contributed by atoms with Gasteiger partial charge in [0.2, 0.25) is 5.89 Å². The topological polar surface area (TPSA) is 76.2 Å². The average molecular weight is 422 g/mol. The summed E-state index contributed by atoms with van der Waals surface area (Å²) in [6.07, 6.45) is 4.13. The second-order valence-electron chi connectivity index (χ2n) is 7.44. The first-order valence-corrected chi connectivity index (χ1v) is 10.3. The van der Waals surface area contributed by atoms with E-state index in [1.165, 1.54) is 0 Å². The van der Waals surface area contributed by atoms with Crippen molar-refractivity contribution in [2.45, 2.75) is 25.7 Å². The lowest BCUT2D eigenvalue weighted by Crippen LogP contribution is -2.14. The predicted molar refractivity (Wildman–Crippen MR) is 122 cm³/mol. The molecule has 4 aromatic rings. The van der Waals surface area contributed by atoms with Crippen LogP contribution in [0.4, 0.5) is 0 Å². The lowest BCUT2D eigenvalue weighted by molar-refractivity contribution is -0.138. The number of rotatable bonds is 6. The highest BCUT2D eigenvalue weighted by atomic mass is 16.4. The Hall–Kier alpha value is -4.17. The van der Waals surface area contributed by atoms with Gasteiger partial charge in [-0.2, -0.15) is 0 Å². The Morgan fingerprint density at radius 1 is 1.06 bits per heavy atom. The molecule has 0 amide bonds. The number of aryl methyl sites for hydroxylation is 1. The van der Waals surface area contributed by atoms with Crippen LogP contribution >= 0.6 is 0 Å². The largest absolute Gasteiger partial charge is 0.481 e. The maximum absolute atomic E-state index is 11.7. The molecule has 4 rings (SSSR count). The number of aromatic nitrogens is 2. The summed E-state index contributed by atoms with van der Waals surface area (Å²) in [5.41, 5.74) is 4.27. The van der Waals surface area contributed by atoms with Gasteiger partial charge < -0.3 is 9.52 Å². The molecular weight excluding hydrogens is 400 g/mol. The molecule has 1 atom stereocenters. The van der Waals surface area contributed by atoms with Gasteiger partial charge in [0.25, 0.3) is 0 Å². The fourth-order valence-electron chi connectivity index (χ4n) is 3.42. The van der Waals surface area contributed by atoms with Gasteiger partial charge in [-0.15, -0.1) is 0 Å². The highest BCUT2D eigenvalue weighted by Crippen LogP contribution is 2.22. The zero-order valence-corrected chi connectivity index (χ0v) is 17.7. The Morgan fingerprint density at radius 3 is 2.53 bits per heavy atom. The first kappa shape index (κ1) is 21.1. The molecule has 0 aliphatic carbocycles. The van der Waals surface area contributed by atoms with Crippen LogP contribution in [0.3, 0.4) is 0 Å². The number of nitrogens with zero attached hydrogens (tertiary/aromatic N) is 2. The quantitative estimate of drug-likeness (QED) is 0.440. The molecule has 0 bridgehead atoms. The van der Waals surface area contributed by atoms with E-state index in [0.717, 1.165) is 28.1 Å². The molecule has 0 aliphatic heterocycles. The normalized spacial score (nSPS) is 11.4. The van der Waals surface area contributed by atoms with Gasteiger partial charge in [0.15, 0.2) is 0 Å². The highest BCUT2D eigenvalue weighted by Gasteiger charge is 2.20. The Bertz CT molecular complexity index is 1250. The number of hydrogen-bond donors (Lipinski definition) is 1. The van der Waals surface area contributed by atoms with Gasteiger partial charge in [0.05, 0.1) is 18.0 Å². The van der Waals surface area contributed by atoms with E-state index in [9.17, 15) is 9.90 Å². The van der Waals surface area contributed by atoms with E-state index < -0.39 is 11.9 Å². The molecule has 0 saturated heterocycles. The number of benzene rings is 2. The number of carbonyl (C=O) groups is 1. The molecule has 1 N–H and O–H groups in total. The number of pyridine rings is 1. The third-order valence-corrected chi connectivity index (χ3v) is 5.18. The molecule has 0 radical (unpaired) electrons. The van der Waals surface area contributed by atoms with Crippen LogP contribution < -0.4 is 0 Å². The van der Waals surface area contributed by atoms with Gasteiger partial charge in [0, 0.05) is 23.5 Å². The summed E-state index contributed by atoms with van der Waals surface area (Å²) in [5.74, 6) is 6.18. The van der Waals surface area contributed by atoms with Crippen LogP contribution in [0.25, 0.3) is 11.5 Å². The minimum Gasteiger partial charge on any atom is -0.481 e. The number of carboxylic acid groups (broad SMARTS) is 1. The average Bonchev–Trinajstić information content (AvgIpc) is 3.20. The summed E-state index contributed by atoms with van der Waals surface area (Å²) in [6.45, 7) is 1.90. The summed E-state index contributed by atoms with van der Waals surface area (Å²) in [7, 11) is 0. The Labute approximate surface area is 186 Å². The Kier molecular flexibility index (Phi) is 6.43. The standard InChI is InChI=1S/C27H22N2O3/c1-19-25(29-26(32-19)22-8-3-2-4-9-22)11-5-7-20-12-14-21(15-13-20)17-24(27(30)31)23-10-6-16-28-18-23/h2-4,6,8-10,12-16,18,24H,11,17H2,1H3,(H,30,31). The number of carboxylic acids is 1. The summed E-state index contributed by atoms with van der Waals surface area (Å²) in [6, 6.07) is 21.0. The van der Waals surface area contributed by atoms with Crippen LogP contribution in [0.2, 0.25) is 0 Å². The number of hydrogen-bond acceptors (Lipinski definition) is 4. The number of oxazole rings is 1. The van der Waals surface area contributed by atoms with Gasteiger partial charge in [-0.1, -0.05) is 48.2 Å². The van der Waals surface area contributed by atoms with Crippen LogP contribution in [0.5, 0.6) is 0 Å². The van der Waals surface area contributed by atoms with Crippen LogP contribution in [-0.2, 0) is 17.6 Å². The second-order valence-corrected chi connectivity index (χ2v) is 7.44. The van der Waals surface area contributed by atoms with Crippen LogP contribution in [0, 0.1) is 18.8 Å². The second kappa shape index (κ2) is 9.76. The molecule has 2 heterocycles. The smallest absolute Gasteiger partial charge is 0.311 e. The lowest BCUT2D eigenvalue weighted by Gasteiger charge is -2.12. The molecule has 2 aromatic carbocycles. The van der Waals surface area contributed by atoms with Crippen molar-refractivity contribution in [3.05, 3.63) is 107 Å². The van der Waals surface area contributed by atoms with Crippen molar-refractivity contribution in [3.8, 4) is 23.3 Å². The molecule has 0 spiro atoms. The van der Waals surface area contributed by atoms with E-state index in [-0.39, 0.29) is 0 Å². The minimum absolute atomic E-state index is 0.398. The fourth-order valence-corrected chi connectivity index (χ4v) is 3.42. The van der Waals surface area contributed by atoms with Crippen molar-refractivity contribution in [2.75, 3.05) is 0 Å². The van der Waals surface area contributed by atoms with E-state index in [0.29, 0.717) is 24.3 Å². The third-order valence-electron chi connectivity index (χ3n) is 5.18. The Balaban J connectivity index is 1.42. The molecule has 0 saturated carbocycles. The maximum Gasteiger partial charge on any atom is 0.311 e. The van der Waals surface area contributed by atoms with E-state index in [1.807, 2.05) is 61.5 Å². The third kappa shape index (κ3) is 5.11. The molecule has 5 heteroatoms. The van der Waals surface area contributed by atoms with Gasteiger partial charge in [-0.05, 0) is 54.8 Å². The van der Waals surface area contributed by atoms with Crippen molar-refractivity contribution >= 4 is 5.97 Å². The first-order chi connectivity index (χ1) is 15.6. The Morgan fingerprint density at radius 2 is 1.84 bits per heavy atom.